The van der Waals surface area contributed by atoms with Crippen molar-refractivity contribution in [3.8, 4) is 6.07 Å². The van der Waals surface area contributed by atoms with Gasteiger partial charge in [-0.05, 0) is 6.07 Å². The van der Waals surface area contributed by atoms with E-state index in [-0.39, 0.29) is 10.5 Å². The standard InChI is InChI=1S/C7H3ClN2O4S2/c8-16(13,14)7-2-5(10(11)12)4(3-9)1-6(7)15/h1-2,15H. The van der Waals surface area contributed by atoms with Crippen molar-refractivity contribution in [2.45, 2.75) is 9.79 Å². The van der Waals surface area contributed by atoms with E-state index in [0.29, 0.717) is 6.07 Å². The van der Waals surface area contributed by atoms with Gasteiger partial charge >= 0.3 is 0 Å². The van der Waals surface area contributed by atoms with Crippen molar-refractivity contribution >= 4 is 38.0 Å². The second-order valence-electron chi connectivity index (χ2n) is 2.64. The second kappa shape index (κ2) is 4.29. The van der Waals surface area contributed by atoms with Gasteiger partial charge < -0.3 is 0 Å². The fourth-order valence-corrected chi connectivity index (χ4v) is 2.65. The first-order valence-electron chi connectivity index (χ1n) is 3.63. The van der Waals surface area contributed by atoms with Crippen LogP contribution in [0.1, 0.15) is 5.56 Å². The molecule has 0 saturated carbocycles. The Bertz CT molecular complexity index is 606. The van der Waals surface area contributed by atoms with Gasteiger partial charge in [0.2, 0.25) is 0 Å². The van der Waals surface area contributed by atoms with E-state index in [2.05, 4.69) is 12.6 Å². The first-order valence-corrected chi connectivity index (χ1v) is 6.39. The third-order valence-corrected chi connectivity index (χ3v) is 3.54. The van der Waals surface area contributed by atoms with E-state index >= 15 is 0 Å². The molecule has 0 radical (unpaired) electrons. The maximum Gasteiger partial charge on any atom is 0.288 e. The number of rotatable bonds is 2. The van der Waals surface area contributed by atoms with E-state index < -0.39 is 24.6 Å². The molecule has 0 heterocycles. The predicted octanol–water partition coefficient (Wildman–Crippen LogP) is 1.68. The minimum atomic E-state index is -4.13. The zero-order valence-corrected chi connectivity index (χ0v) is 9.88. The Labute approximate surface area is 100 Å². The Morgan fingerprint density at radius 3 is 2.44 bits per heavy atom. The second-order valence-corrected chi connectivity index (χ2v) is 5.66. The Kier molecular flexibility index (Phi) is 3.42. The summed E-state index contributed by atoms with van der Waals surface area (Å²) >= 11 is 3.79. The van der Waals surface area contributed by atoms with Crippen LogP contribution in [-0.4, -0.2) is 13.3 Å². The van der Waals surface area contributed by atoms with Crippen molar-refractivity contribution in [2.24, 2.45) is 0 Å². The van der Waals surface area contributed by atoms with Crippen molar-refractivity contribution in [1.82, 2.24) is 0 Å². The molecule has 0 amide bonds. The summed E-state index contributed by atoms with van der Waals surface area (Å²) in [5.41, 5.74) is -0.904. The van der Waals surface area contributed by atoms with E-state index in [1.807, 2.05) is 0 Å². The number of nitro benzene ring substituents is 1. The van der Waals surface area contributed by atoms with Crippen molar-refractivity contribution < 1.29 is 13.3 Å². The van der Waals surface area contributed by atoms with Gasteiger partial charge in [-0.15, -0.1) is 12.6 Å². The van der Waals surface area contributed by atoms with Gasteiger partial charge in [0.1, 0.15) is 16.5 Å². The predicted molar refractivity (Wildman–Crippen MR) is 58.1 cm³/mol. The van der Waals surface area contributed by atoms with E-state index in [0.717, 1.165) is 6.07 Å². The molecule has 0 aromatic heterocycles. The van der Waals surface area contributed by atoms with Crippen LogP contribution in [0.25, 0.3) is 0 Å². The average Bonchev–Trinajstić information content (AvgIpc) is 2.14. The van der Waals surface area contributed by atoms with Crippen LogP contribution in [0.3, 0.4) is 0 Å². The summed E-state index contributed by atoms with van der Waals surface area (Å²) < 4.78 is 22.1. The molecule has 1 aromatic carbocycles. The molecule has 1 rings (SSSR count). The zero-order chi connectivity index (χ0) is 12.5. The molecule has 0 aliphatic rings. The molecule has 6 nitrogen and oxygen atoms in total. The largest absolute Gasteiger partial charge is 0.288 e. The molecule has 0 saturated heterocycles. The number of benzene rings is 1. The van der Waals surface area contributed by atoms with Gasteiger partial charge in [-0.3, -0.25) is 10.1 Å². The Morgan fingerprint density at radius 2 is 2.06 bits per heavy atom. The lowest BCUT2D eigenvalue weighted by Crippen LogP contribution is -1.98. The van der Waals surface area contributed by atoms with Crippen LogP contribution in [0.5, 0.6) is 0 Å². The summed E-state index contributed by atoms with van der Waals surface area (Å²) in [7, 11) is 0.921. The van der Waals surface area contributed by atoms with E-state index in [9.17, 15) is 18.5 Å². The summed E-state index contributed by atoms with van der Waals surface area (Å²) in [5, 5.41) is 19.2. The first kappa shape index (κ1) is 12.8. The highest BCUT2D eigenvalue weighted by Crippen LogP contribution is 2.30. The third kappa shape index (κ3) is 2.44. The van der Waals surface area contributed by atoms with Crippen LogP contribution < -0.4 is 0 Å². The molecular weight excluding hydrogens is 276 g/mol. The lowest BCUT2D eigenvalue weighted by molar-refractivity contribution is -0.385. The van der Waals surface area contributed by atoms with Crippen LogP contribution in [0.2, 0.25) is 0 Å². The highest BCUT2D eigenvalue weighted by molar-refractivity contribution is 8.14. The topological polar surface area (TPSA) is 101 Å². The number of hydrogen-bond acceptors (Lipinski definition) is 6. The fraction of sp³-hybridized carbons (Fsp3) is 0. The lowest BCUT2D eigenvalue weighted by atomic mass is 10.2. The smallest absolute Gasteiger partial charge is 0.258 e. The van der Waals surface area contributed by atoms with Gasteiger partial charge in [0.25, 0.3) is 14.7 Å². The lowest BCUT2D eigenvalue weighted by Gasteiger charge is -2.02. The Hall–Kier alpha value is -1.30. The van der Waals surface area contributed by atoms with E-state index in [1.54, 1.807) is 6.07 Å². The van der Waals surface area contributed by atoms with Crippen LogP contribution in [-0.2, 0) is 9.05 Å². The SMILES string of the molecule is N#Cc1cc(S)c(S(=O)(=O)Cl)cc1[N+](=O)[O-]. The Morgan fingerprint density at radius 1 is 1.50 bits per heavy atom. The Balaban J connectivity index is 3.67. The quantitative estimate of drug-likeness (QED) is 0.384. The van der Waals surface area contributed by atoms with Gasteiger partial charge in [0, 0.05) is 21.6 Å². The summed E-state index contributed by atoms with van der Waals surface area (Å²) in [6, 6.07) is 3.26. The molecule has 0 aliphatic heterocycles. The van der Waals surface area contributed by atoms with Crippen LogP contribution in [0.15, 0.2) is 21.9 Å². The minimum absolute atomic E-state index is 0.114. The number of nitro groups is 1. The minimum Gasteiger partial charge on any atom is -0.258 e. The van der Waals surface area contributed by atoms with E-state index in [4.69, 9.17) is 15.9 Å². The molecular formula is C7H3ClN2O4S2. The maximum absolute atomic E-state index is 11.0. The van der Waals surface area contributed by atoms with Gasteiger partial charge in [-0.25, -0.2) is 8.42 Å². The van der Waals surface area contributed by atoms with Gasteiger partial charge in [0.05, 0.1) is 4.92 Å². The highest BCUT2D eigenvalue weighted by atomic mass is 35.7. The summed E-state index contributed by atoms with van der Waals surface area (Å²) in [6.07, 6.45) is 0. The maximum atomic E-state index is 11.0. The van der Waals surface area contributed by atoms with Crippen LogP contribution in [0, 0.1) is 21.4 Å². The normalized spacial score (nSPS) is 10.8. The number of thiol groups is 1. The first-order chi connectivity index (χ1) is 7.27. The molecule has 16 heavy (non-hydrogen) atoms. The molecule has 0 atom stereocenters. The van der Waals surface area contributed by atoms with Gasteiger partial charge in [-0.2, -0.15) is 5.26 Å². The van der Waals surface area contributed by atoms with E-state index in [1.165, 1.54) is 0 Å². The average molecular weight is 279 g/mol. The van der Waals surface area contributed by atoms with Crippen molar-refractivity contribution in [1.29, 1.82) is 5.26 Å². The monoisotopic (exact) mass is 278 g/mol. The number of nitrogens with zero attached hydrogens (tertiary/aromatic N) is 2. The molecule has 0 fully saturated rings. The van der Waals surface area contributed by atoms with Crippen molar-refractivity contribution in [3.05, 3.63) is 27.8 Å². The zero-order valence-electron chi connectivity index (χ0n) is 7.42. The van der Waals surface area contributed by atoms with Crippen molar-refractivity contribution in [2.75, 3.05) is 0 Å². The fourth-order valence-electron chi connectivity index (χ4n) is 0.994. The van der Waals surface area contributed by atoms with Crippen molar-refractivity contribution in [3.63, 3.8) is 0 Å². The number of nitriles is 1. The molecule has 0 aliphatic carbocycles. The molecule has 1 aromatic rings. The summed E-state index contributed by atoms with van der Waals surface area (Å²) in [5.74, 6) is 0. The number of halogens is 1. The third-order valence-electron chi connectivity index (χ3n) is 1.66. The summed E-state index contributed by atoms with van der Waals surface area (Å²) in [4.78, 5) is 9.09. The molecule has 0 spiro atoms. The molecule has 84 valence electrons. The summed E-state index contributed by atoms with van der Waals surface area (Å²) in [6.45, 7) is 0. The highest BCUT2D eigenvalue weighted by Gasteiger charge is 2.22. The molecule has 0 N–H and O–H groups in total. The van der Waals surface area contributed by atoms with Gasteiger partial charge in [-0.1, -0.05) is 0 Å². The number of hydrogen-bond donors (Lipinski definition) is 1. The molecule has 0 bridgehead atoms. The van der Waals surface area contributed by atoms with Crippen LogP contribution in [0.4, 0.5) is 5.69 Å². The molecule has 0 unspecified atom stereocenters. The van der Waals surface area contributed by atoms with Gasteiger partial charge in [0.15, 0.2) is 0 Å². The van der Waals surface area contributed by atoms with Crippen LogP contribution >= 0.6 is 23.3 Å². The molecule has 9 heteroatoms.